The summed E-state index contributed by atoms with van der Waals surface area (Å²) in [6.07, 6.45) is 2.98. The molecule has 0 radical (unpaired) electrons. The second-order valence-corrected chi connectivity index (χ2v) is 4.01. The molecule has 0 aliphatic heterocycles. The first kappa shape index (κ1) is 15.4. The summed E-state index contributed by atoms with van der Waals surface area (Å²) in [6.45, 7) is 8.07. The molecule has 0 rings (SSSR count). The van der Waals surface area contributed by atoms with E-state index in [1.807, 2.05) is 6.92 Å². The molecule has 0 bridgehead atoms. The molecule has 0 aromatic carbocycles. The summed E-state index contributed by atoms with van der Waals surface area (Å²) >= 11 is 0. The molecule has 0 saturated carbocycles. The Morgan fingerprint density at radius 3 is 2.38 bits per heavy atom. The number of carbonyl (C=O) groups excluding carboxylic acids is 1. The van der Waals surface area contributed by atoms with Gasteiger partial charge in [-0.3, -0.25) is 9.69 Å². The van der Waals surface area contributed by atoms with Crippen molar-refractivity contribution in [1.82, 2.24) is 10.2 Å². The van der Waals surface area contributed by atoms with Gasteiger partial charge in [-0.25, -0.2) is 0 Å². The minimum Gasteiger partial charge on any atom is -0.395 e. The molecular formula is C12H26N2O2. The van der Waals surface area contributed by atoms with E-state index in [4.69, 9.17) is 5.11 Å². The minimum absolute atomic E-state index is 0.0576. The lowest BCUT2D eigenvalue weighted by Crippen LogP contribution is -2.44. The van der Waals surface area contributed by atoms with Gasteiger partial charge < -0.3 is 10.4 Å². The highest BCUT2D eigenvalue weighted by atomic mass is 16.3. The van der Waals surface area contributed by atoms with Crippen LogP contribution in [0.3, 0.4) is 0 Å². The molecule has 0 aromatic heterocycles. The number of nitrogens with zero attached hydrogens (tertiary/aromatic N) is 1. The van der Waals surface area contributed by atoms with E-state index in [0.717, 1.165) is 25.8 Å². The van der Waals surface area contributed by atoms with Gasteiger partial charge in [0, 0.05) is 19.1 Å². The lowest BCUT2D eigenvalue weighted by atomic mass is 10.1. The molecule has 0 fully saturated rings. The molecule has 0 aliphatic rings. The summed E-state index contributed by atoms with van der Waals surface area (Å²) < 4.78 is 0. The van der Waals surface area contributed by atoms with Crippen molar-refractivity contribution in [3.8, 4) is 0 Å². The van der Waals surface area contributed by atoms with Gasteiger partial charge in [0.2, 0.25) is 5.91 Å². The van der Waals surface area contributed by atoms with E-state index in [1.165, 1.54) is 0 Å². The fourth-order valence-corrected chi connectivity index (χ4v) is 1.83. The highest BCUT2D eigenvalue weighted by Gasteiger charge is 2.17. The summed E-state index contributed by atoms with van der Waals surface area (Å²) in [6, 6.07) is 0.388. The predicted molar refractivity (Wildman–Crippen MR) is 66.3 cm³/mol. The van der Waals surface area contributed by atoms with Gasteiger partial charge in [-0.05, 0) is 19.3 Å². The quantitative estimate of drug-likeness (QED) is 0.621. The minimum atomic E-state index is 0.0576. The Morgan fingerprint density at radius 2 is 1.94 bits per heavy atom. The summed E-state index contributed by atoms with van der Waals surface area (Å²) in [7, 11) is 0. The van der Waals surface area contributed by atoms with Crippen LogP contribution in [-0.2, 0) is 4.79 Å². The van der Waals surface area contributed by atoms with Crippen LogP contribution >= 0.6 is 0 Å². The Labute approximate surface area is 99.0 Å². The van der Waals surface area contributed by atoms with Gasteiger partial charge in [-0.15, -0.1) is 0 Å². The number of amides is 1. The smallest absolute Gasteiger partial charge is 0.234 e. The van der Waals surface area contributed by atoms with Crippen LogP contribution in [0.5, 0.6) is 0 Å². The van der Waals surface area contributed by atoms with E-state index >= 15 is 0 Å². The molecule has 1 amide bonds. The number of nitrogens with one attached hydrogen (secondary N) is 1. The molecule has 16 heavy (non-hydrogen) atoms. The van der Waals surface area contributed by atoms with Crippen molar-refractivity contribution >= 4 is 5.91 Å². The zero-order valence-electron chi connectivity index (χ0n) is 10.8. The monoisotopic (exact) mass is 230 g/mol. The molecule has 0 saturated heterocycles. The van der Waals surface area contributed by atoms with E-state index in [1.54, 1.807) is 0 Å². The SMILES string of the molecule is CCCNC(=O)CN(CCO)C(CC)CC. The van der Waals surface area contributed by atoms with Crippen LogP contribution < -0.4 is 5.32 Å². The predicted octanol–water partition coefficient (Wildman–Crippen LogP) is 0.995. The first-order valence-corrected chi connectivity index (χ1v) is 6.31. The molecule has 0 aromatic rings. The lowest BCUT2D eigenvalue weighted by molar-refractivity contribution is -0.123. The molecule has 4 nitrogen and oxygen atoms in total. The average Bonchev–Trinajstić information content (AvgIpc) is 2.28. The molecule has 0 atom stereocenters. The van der Waals surface area contributed by atoms with Crippen molar-refractivity contribution in [3.63, 3.8) is 0 Å². The third-order valence-electron chi connectivity index (χ3n) is 2.76. The molecule has 0 unspecified atom stereocenters. The number of carbonyl (C=O) groups is 1. The maximum Gasteiger partial charge on any atom is 0.234 e. The number of aliphatic hydroxyl groups excluding tert-OH is 1. The first-order valence-electron chi connectivity index (χ1n) is 6.31. The maximum absolute atomic E-state index is 11.6. The topological polar surface area (TPSA) is 52.6 Å². The van der Waals surface area contributed by atoms with E-state index < -0.39 is 0 Å². The van der Waals surface area contributed by atoms with Crippen molar-refractivity contribution in [1.29, 1.82) is 0 Å². The number of hydrogen-bond acceptors (Lipinski definition) is 3. The van der Waals surface area contributed by atoms with Gasteiger partial charge in [0.05, 0.1) is 13.2 Å². The fraction of sp³-hybridized carbons (Fsp3) is 0.917. The third kappa shape index (κ3) is 6.08. The van der Waals surface area contributed by atoms with E-state index in [2.05, 4.69) is 24.1 Å². The van der Waals surface area contributed by atoms with E-state index in [9.17, 15) is 4.79 Å². The van der Waals surface area contributed by atoms with Gasteiger partial charge in [0.15, 0.2) is 0 Å². The third-order valence-corrected chi connectivity index (χ3v) is 2.76. The molecular weight excluding hydrogens is 204 g/mol. The van der Waals surface area contributed by atoms with Crippen LogP contribution in [0.15, 0.2) is 0 Å². The highest BCUT2D eigenvalue weighted by Crippen LogP contribution is 2.07. The van der Waals surface area contributed by atoms with Crippen molar-refractivity contribution in [2.75, 3.05) is 26.2 Å². The molecule has 0 heterocycles. The second-order valence-electron chi connectivity index (χ2n) is 4.01. The Balaban J connectivity index is 4.14. The summed E-state index contributed by atoms with van der Waals surface area (Å²) in [5, 5.41) is 11.9. The zero-order chi connectivity index (χ0) is 12.4. The van der Waals surface area contributed by atoms with Crippen LogP contribution in [0.2, 0.25) is 0 Å². The van der Waals surface area contributed by atoms with Crippen LogP contribution in [-0.4, -0.2) is 48.2 Å². The second kappa shape index (κ2) is 9.60. The number of hydrogen-bond donors (Lipinski definition) is 2. The van der Waals surface area contributed by atoms with Crippen LogP contribution in [0.4, 0.5) is 0 Å². The Hall–Kier alpha value is -0.610. The molecule has 96 valence electrons. The van der Waals surface area contributed by atoms with Gasteiger partial charge in [-0.1, -0.05) is 20.8 Å². The Bertz CT molecular complexity index is 182. The van der Waals surface area contributed by atoms with Crippen LogP contribution in [0.25, 0.3) is 0 Å². The van der Waals surface area contributed by atoms with E-state index in [-0.39, 0.29) is 12.5 Å². The standard InChI is InChI=1S/C12H26N2O2/c1-4-7-13-12(16)10-14(8-9-15)11(5-2)6-3/h11,15H,4-10H2,1-3H3,(H,13,16). The summed E-state index contributed by atoms with van der Waals surface area (Å²) in [5.74, 6) is 0.0576. The number of rotatable bonds is 9. The Kier molecular flexibility index (Phi) is 9.24. The fourth-order valence-electron chi connectivity index (χ4n) is 1.83. The van der Waals surface area contributed by atoms with Crippen molar-refractivity contribution < 1.29 is 9.90 Å². The molecule has 0 aliphatic carbocycles. The molecule has 4 heteroatoms. The van der Waals surface area contributed by atoms with E-state index in [0.29, 0.717) is 19.1 Å². The summed E-state index contributed by atoms with van der Waals surface area (Å²) in [4.78, 5) is 13.6. The van der Waals surface area contributed by atoms with Crippen molar-refractivity contribution in [3.05, 3.63) is 0 Å². The molecule has 0 spiro atoms. The maximum atomic E-state index is 11.6. The largest absolute Gasteiger partial charge is 0.395 e. The van der Waals surface area contributed by atoms with Crippen molar-refractivity contribution in [2.24, 2.45) is 0 Å². The van der Waals surface area contributed by atoms with Gasteiger partial charge in [0.25, 0.3) is 0 Å². The number of aliphatic hydroxyl groups is 1. The van der Waals surface area contributed by atoms with Crippen LogP contribution in [0.1, 0.15) is 40.0 Å². The summed E-state index contributed by atoms with van der Waals surface area (Å²) in [5.41, 5.74) is 0. The van der Waals surface area contributed by atoms with Gasteiger partial charge >= 0.3 is 0 Å². The average molecular weight is 230 g/mol. The van der Waals surface area contributed by atoms with Crippen molar-refractivity contribution in [2.45, 2.75) is 46.1 Å². The first-order chi connectivity index (χ1) is 7.69. The lowest BCUT2D eigenvalue weighted by Gasteiger charge is -2.29. The van der Waals surface area contributed by atoms with Crippen LogP contribution in [0, 0.1) is 0 Å². The highest BCUT2D eigenvalue weighted by molar-refractivity contribution is 5.78. The van der Waals surface area contributed by atoms with Gasteiger partial charge in [-0.2, -0.15) is 0 Å². The Morgan fingerprint density at radius 1 is 1.31 bits per heavy atom. The zero-order valence-corrected chi connectivity index (χ0v) is 10.8. The molecule has 2 N–H and O–H groups in total. The van der Waals surface area contributed by atoms with Gasteiger partial charge in [0.1, 0.15) is 0 Å². The normalized spacial score (nSPS) is 11.1.